The van der Waals surface area contributed by atoms with Crippen LogP contribution in [0.15, 0.2) is 0 Å². The van der Waals surface area contributed by atoms with E-state index in [0.29, 0.717) is 26.2 Å². The maximum Gasteiger partial charge on any atom is 0.417 e. The lowest BCUT2D eigenvalue weighted by atomic mass is 10.0. The van der Waals surface area contributed by atoms with Gasteiger partial charge in [-0.1, -0.05) is 0 Å². The molecular weight excluding hydrogens is 286 g/mol. The Kier molecular flexibility index (Phi) is 3.43. The first-order valence-electron chi connectivity index (χ1n) is 6.71. The molecule has 3 saturated heterocycles. The summed E-state index contributed by atoms with van der Waals surface area (Å²) >= 11 is 0. The van der Waals surface area contributed by atoms with Crippen LogP contribution in [0.2, 0.25) is 0 Å². The van der Waals surface area contributed by atoms with Crippen LogP contribution in [-0.2, 0) is 19.7 Å². The quantitative estimate of drug-likeness (QED) is 0.681. The third-order valence-corrected chi connectivity index (χ3v) is 5.89. The van der Waals surface area contributed by atoms with Crippen molar-refractivity contribution in [1.29, 1.82) is 0 Å². The maximum absolute atomic E-state index is 12.2. The number of amides is 2. The molecule has 0 atom stereocenters. The summed E-state index contributed by atoms with van der Waals surface area (Å²) in [7, 11) is -3.35. The molecule has 8 nitrogen and oxygen atoms in total. The number of carbonyl (C=O) groups excluding carboxylic acids is 2. The van der Waals surface area contributed by atoms with Crippen molar-refractivity contribution < 1.29 is 22.7 Å². The molecule has 0 aromatic carbocycles. The van der Waals surface area contributed by atoms with Crippen molar-refractivity contribution in [2.45, 2.75) is 12.8 Å². The second-order valence-electron chi connectivity index (χ2n) is 5.36. The predicted octanol–water partition coefficient (Wildman–Crippen LogP) is -0.762. The molecule has 0 unspecified atom stereocenters. The van der Waals surface area contributed by atoms with Gasteiger partial charge >= 0.3 is 6.09 Å². The Morgan fingerprint density at radius 2 is 1.75 bits per heavy atom. The highest BCUT2D eigenvalue weighted by Crippen LogP contribution is 2.26. The Labute approximate surface area is 117 Å². The topological polar surface area (TPSA) is 87.2 Å². The van der Waals surface area contributed by atoms with E-state index in [1.54, 1.807) is 0 Å². The molecule has 9 heteroatoms. The highest BCUT2D eigenvalue weighted by molar-refractivity contribution is 7.86. The number of hydrogen-bond donors (Lipinski definition) is 0. The highest BCUT2D eigenvalue weighted by atomic mass is 32.2. The molecule has 20 heavy (non-hydrogen) atoms. The zero-order valence-corrected chi connectivity index (χ0v) is 11.8. The van der Waals surface area contributed by atoms with Crippen LogP contribution in [0.3, 0.4) is 0 Å². The first-order valence-corrected chi connectivity index (χ1v) is 8.10. The lowest BCUT2D eigenvalue weighted by Crippen LogP contribution is -2.57. The monoisotopic (exact) mass is 303 g/mol. The van der Waals surface area contributed by atoms with Crippen molar-refractivity contribution in [3.05, 3.63) is 0 Å². The van der Waals surface area contributed by atoms with E-state index < -0.39 is 16.3 Å². The molecule has 3 rings (SSSR count). The van der Waals surface area contributed by atoms with Gasteiger partial charge in [-0.25, -0.2) is 9.69 Å². The van der Waals surface area contributed by atoms with Gasteiger partial charge in [0.1, 0.15) is 0 Å². The van der Waals surface area contributed by atoms with Gasteiger partial charge in [0.05, 0.1) is 0 Å². The largest absolute Gasteiger partial charge is 0.439 e. The van der Waals surface area contributed by atoms with Crippen LogP contribution in [-0.4, -0.2) is 73.3 Å². The number of nitrogens with zero attached hydrogens (tertiary/aromatic N) is 3. The van der Waals surface area contributed by atoms with Crippen LogP contribution >= 0.6 is 0 Å². The molecule has 0 aromatic rings. The fraction of sp³-hybridized carbons (Fsp3) is 0.818. The van der Waals surface area contributed by atoms with E-state index >= 15 is 0 Å². The zero-order chi connectivity index (χ0) is 14.3. The maximum atomic E-state index is 12.2. The van der Waals surface area contributed by atoms with Gasteiger partial charge in [0.15, 0.2) is 6.61 Å². The molecule has 0 aliphatic carbocycles. The first kappa shape index (κ1) is 13.8. The number of cyclic esters (lactones) is 1. The van der Waals surface area contributed by atoms with Crippen LogP contribution in [0.5, 0.6) is 0 Å². The first-order chi connectivity index (χ1) is 9.48. The second kappa shape index (κ2) is 4.97. The van der Waals surface area contributed by atoms with Gasteiger partial charge in [0, 0.05) is 38.6 Å². The SMILES string of the molecule is O=C1COC(=O)N1CC1CN(S(=O)(=O)N2CCCC2)C1. The summed E-state index contributed by atoms with van der Waals surface area (Å²) in [4.78, 5) is 23.7. The molecular formula is C11H17N3O5S. The summed E-state index contributed by atoms with van der Waals surface area (Å²) in [6, 6.07) is 0. The summed E-state index contributed by atoms with van der Waals surface area (Å²) in [5.41, 5.74) is 0. The number of hydrogen-bond acceptors (Lipinski definition) is 5. The lowest BCUT2D eigenvalue weighted by Gasteiger charge is -2.40. The van der Waals surface area contributed by atoms with Crippen LogP contribution in [0.25, 0.3) is 0 Å². The predicted molar refractivity (Wildman–Crippen MR) is 67.9 cm³/mol. The van der Waals surface area contributed by atoms with Crippen LogP contribution in [0, 0.1) is 5.92 Å². The van der Waals surface area contributed by atoms with E-state index in [1.807, 2.05) is 0 Å². The Morgan fingerprint density at radius 3 is 2.30 bits per heavy atom. The van der Waals surface area contributed by atoms with Crippen molar-refractivity contribution in [1.82, 2.24) is 13.5 Å². The highest BCUT2D eigenvalue weighted by Gasteiger charge is 2.43. The fourth-order valence-corrected chi connectivity index (χ4v) is 4.57. The summed E-state index contributed by atoms with van der Waals surface area (Å²) in [6.45, 7) is 1.91. The molecule has 2 amide bonds. The van der Waals surface area contributed by atoms with E-state index in [4.69, 9.17) is 0 Å². The lowest BCUT2D eigenvalue weighted by molar-refractivity contribution is -0.126. The molecule has 3 aliphatic heterocycles. The molecule has 0 bridgehead atoms. The van der Waals surface area contributed by atoms with Gasteiger partial charge in [-0.2, -0.15) is 17.0 Å². The molecule has 3 heterocycles. The van der Waals surface area contributed by atoms with Crippen LogP contribution in [0.4, 0.5) is 4.79 Å². The average molecular weight is 303 g/mol. The summed E-state index contributed by atoms with van der Waals surface area (Å²) in [5.74, 6) is -0.349. The Morgan fingerprint density at radius 1 is 1.10 bits per heavy atom. The van der Waals surface area contributed by atoms with Crippen molar-refractivity contribution in [2.24, 2.45) is 5.92 Å². The standard InChI is InChI=1S/C11H17N3O5S/c15-10-8-19-11(16)14(10)7-9-5-13(6-9)20(17,18)12-3-1-2-4-12/h9H,1-8H2. The van der Waals surface area contributed by atoms with Gasteiger partial charge < -0.3 is 4.74 Å². The van der Waals surface area contributed by atoms with E-state index in [0.717, 1.165) is 17.7 Å². The minimum Gasteiger partial charge on any atom is -0.439 e. The van der Waals surface area contributed by atoms with Gasteiger partial charge in [-0.15, -0.1) is 0 Å². The minimum atomic E-state index is -3.35. The average Bonchev–Trinajstić information content (AvgIpc) is 2.96. The Hall–Kier alpha value is -1.19. The normalized spacial score (nSPS) is 26.1. The van der Waals surface area contributed by atoms with E-state index in [1.165, 1.54) is 8.61 Å². The fourth-order valence-electron chi connectivity index (χ4n) is 2.72. The van der Waals surface area contributed by atoms with Gasteiger partial charge in [-0.05, 0) is 12.8 Å². The molecule has 0 spiro atoms. The Bertz CT molecular complexity index is 506. The number of imide groups is 1. The molecule has 3 aliphatic rings. The molecule has 0 radical (unpaired) electrons. The molecule has 112 valence electrons. The number of rotatable bonds is 4. The van der Waals surface area contributed by atoms with E-state index in [2.05, 4.69) is 4.74 Å². The minimum absolute atomic E-state index is 0.00183. The molecule has 0 aromatic heterocycles. The second-order valence-corrected chi connectivity index (χ2v) is 7.28. The van der Waals surface area contributed by atoms with Gasteiger partial charge in [0.25, 0.3) is 16.1 Å². The Balaban J connectivity index is 1.53. The molecule has 0 N–H and O–H groups in total. The third-order valence-electron chi connectivity index (χ3n) is 3.92. The summed E-state index contributed by atoms with van der Waals surface area (Å²) < 4.78 is 31.9. The van der Waals surface area contributed by atoms with Gasteiger partial charge in [0.2, 0.25) is 0 Å². The zero-order valence-electron chi connectivity index (χ0n) is 11.0. The van der Waals surface area contributed by atoms with Crippen LogP contribution in [0.1, 0.15) is 12.8 Å². The van der Waals surface area contributed by atoms with E-state index in [9.17, 15) is 18.0 Å². The van der Waals surface area contributed by atoms with Crippen molar-refractivity contribution in [3.8, 4) is 0 Å². The van der Waals surface area contributed by atoms with Crippen molar-refractivity contribution in [3.63, 3.8) is 0 Å². The van der Waals surface area contributed by atoms with Gasteiger partial charge in [-0.3, -0.25) is 4.79 Å². The summed E-state index contributed by atoms with van der Waals surface area (Å²) in [5, 5.41) is 0. The van der Waals surface area contributed by atoms with Crippen LogP contribution < -0.4 is 0 Å². The van der Waals surface area contributed by atoms with Crippen molar-refractivity contribution >= 4 is 22.2 Å². The third kappa shape index (κ3) is 2.29. The molecule has 0 saturated carbocycles. The number of ether oxygens (including phenoxy) is 1. The molecule has 3 fully saturated rings. The summed E-state index contributed by atoms with van der Waals surface area (Å²) in [6.07, 6.45) is 1.19. The van der Waals surface area contributed by atoms with E-state index in [-0.39, 0.29) is 25.0 Å². The smallest absolute Gasteiger partial charge is 0.417 e. The van der Waals surface area contributed by atoms with Crippen molar-refractivity contribution in [2.75, 3.05) is 39.3 Å². The number of carbonyl (C=O) groups is 2.